The van der Waals surface area contributed by atoms with Crippen LogP contribution in [0.4, 0.5) is 0 Å². The minimum absolute atomic E-state index is 0.163. The van der Waals surface area contributed by atoms with Crippen molar-refractivity contribution in [2.24, 2.45) is 0 Å². The Morgan fingerprint density at radius 1 is 1.21 bits per heavy atom. The van der Waals surface area contributed by atoms with Crippen LogP contribution in [0.3, 0.4) is 0 Å². The molecule has 0 amide bonds. The molecular weight excluding hydrogens is 310 g/mol. The van der Waals surface area contributed by atoms with Crippen LogP contribution in [0.1, 0.15) is 18.9 Å². The molecule has 0 aliphatic heterocycles. The van der Waals surface area contributed by atoms with E-state index < -0.39 is 0 Å². The fourth-order valence-electron chi connectivity index (χ4n) is 1.99. The number of hydrogen-bond donors (Lipinski definition) is 1. The number of aliphatic hydroxyl groups excluding tert-OH is 1. The summed E-state index contributed by atoms with van der Waals surface area (Å²) in [6, 6.07) is 3.81. The summed E-state index contributed by atoms with van der Waals surface area (Å²) in [5.74, 6) is 1.56. The van der Waals surface area contributed by atoms with Gasteiger partial charge in [-0.15, -0.1) is 0 Å². The Bertz CT molecular complexity index is 393. The monoisotopic (exact) mass is 331 g/mol. The van der Waals surface area contributed by atoms with E-state index in [0.29, 0.717) is 6.54 Å². The summed E-state index contributed by atoms with van der Waals surface area (Å²) in [6.45, 7) is 4.64. The first-order valence-electron chi connectivity index (χ1n) is 6.39. The SMILES string of the molecule is CCCN(CCO)Cc1c(Br)cc(OC)cc1OC. The van der Waals surface area contributed by atoms with Gasteiger partial charge in [-0.25, -0.2) is 0 Å². The zero-order chi connectivity index (χ0) is 14.3. The maximum Gasteiger partial charge on any atom is 0.128 e. The van der Waals surface area contributed by atoms with Crippen LogP contribution < -0.4 is 9.47 Å². The van der Waals surface area contributed by atoms with Crippen molar-refractivity contribution in [3.8, 4) is 11.5 Å². The summed E-state index contributed by atoms with van der Waals surface area (Å²) < 4.78 is 11.6. The molecule has 0 atom stereocenters. The number of halogens is 1. The summed E-state index contributed by atoms with van der Waals surface area (Å²) in [5.41, 5.74) is 1.07. The fraction of sp³-hybridized carbons (Fsp3) is 0.571. The van der Waals surface area contributed by atoms with Gasteiger partial charge in [0.1, 0.15) is 11.5 Å². The lowest BCUT2D eigenvalue weighted by molar-refractivity contribution is 0.188. The summed E-state index contributed by atoms with van der Waals surface area (Å²) in [7, 11) is 3.29. The molecule has 0 heterocycles. The maximum absolute atomic E-state index is 9.11. The molecule has 0 spiro atoms. The van der Waals surface area contributed by atoms with Crippen molar-refractivity contribution in [3.63, 3.8) is 0 Å². The largest absolute Gasteiger partial charge is 0.497 e. The van der Waals surface area contributed by atoms with E-state index in [9.17, 15) is 0 Å². The predicted molar refractivity (Wildman–Crippen MR) is 79.9 cm³/mol. The number of methoxy groups -OCH3 is 2. The van der Waals surface area contributed by atoms with E-state index in [2.05, 4.69) is 27.8 Å². The maximum atomic E-state index is 9.11. The molecule has 0 radical (unpaired) electrons. The van der Waals surface area contributed by atoms with Crippen molar-refractivity contribution in [2.75, 3.05) is 33.9 Å². The Kier molecular flexibility index (Phi) is 7.20. The summed E-state index contributed by atoms with van der Waals surface area (Å²) >= 11 is 3.56. The van der Waals surface area contributed by atoms with E-state index in [1.165, 1.54) is 0 Å². The summed E-state index contributed by atoms with van der Waals surface area (Å²) in [6.07, 6.45) is 1.05. The first-order valence-corrected chi connectivity index (χ1v) is 7.19. The van der Waals surface area contributed by atoms with Gasteiger partial charge >= 0.3 is 0 Å². The molecule has 1 rings (SSSR count). The molecule has 1 aromatic carbocycles. The van der Waals surface area contributed by atoms with Crippen molar-refractivity contribution >= 4 is 15.9 Å². The lowest BCUT2D eigenvalue weighted by Crippen LogP contribution is -2.27. The minimum atomic E-state index is 0.163. The number of hydrogen-bond acceptors (Lipinski definition) is 4. The standard InChI is InChI=1S/C14H22BrNO3/c1-4-5-16(6-7-17)10-12-13(15)8-11(18-2)9-14(12)19-3/h8-9,17H,4-7,10H2,1-3H3. The quantitative estimate of drug-likeness (QED) is 0.795. The highest BCUT2D eigenvalue weighted by Gasteiger charge is 2.14. The Balaban J connectivity index is 2.97. The van der Waals surface area contributed by atoms with E-state index >= 15 is 0 Å². The Morgan fingerprint density at radius 3 is 2.47 bits per heavy atom. The number of ether oxygens (including phenoxy) is 2. The average Bonchev–Trinajstić information content (AvgIpc) is 2.41. The Labute approximate surface area is 123 Å². The third kappa shape index (κ3) is 4.67. The highest BCUT2D eigenvalue weighted by atomic mass is 79.9. The van der Waals surface area contributed by atoms with Gasteiger partial charge in [-0.2, -0.15) is 0 Å². The second-order valence-electron chi connectivity index (χ2n) is 4.29. The fourth-order valence-corrected chi connectivity index (χ4v) is 2.54. The molecule has 0 bridgehead atoms. The zero-order valence-electron chi connectivity index (χ0n) is 11.8. The van der Waals surface area contributed by atoms with Crippen LogP contribution in [0.15, 0.2) is 16.6 Å². The molecule has 0 unspecified atom stereocenters. The van der Waals surface area contributed by atoms with Crippen molar-refractivity contribution < 1.29 is 14.6 Å². The van der Waals surface area contributed by atoms with Crippen molar-refractivity contribution in [1.82, 2.24) is 4.90 Å². The number of nitrogens with zero attached hydrogens (tertiary/aromatic N) is 1. The molecule has 0 aliphatic carbocycles. The van der Waals surface area contributed by atoms with Crippen molar-refractivity contribution in [3.05, 3.63) is 22.2 Å². The second kappa shape index (κ2) is 8.40. The molecule has 1 N–H and O–H groups in total. The molecule has 4 nitrogen and oxygen atoms in total. The van der Waals surface area contributed by atoms with E-state index in [-0.39, 0.29) is 6.61 Å². The lowest BCUT2D eigenvalue weighted by Gasteiger charge is -2.23. The van der Waals surface area contributed by atoms with Crippen LogP contribution >= 0.6 is 15.9 Å². The van der Waals surface area contributed by atoms with E-state index in [0.717, 1.165) is 41.0 Å². The Hall–Kier alpha value is -0.780. The smallest absolute Gasteiger partial charge is 0.128 e. The number of rotatable bonds is 8. The lowest BCUT2D eigenvalue weighted by atomic mass is 10.1. The molecule has 108 valence electrons. The molecule has 1 aromatic rings. The van der Waals surface area contributed by atoms with Gasteiger partial charge in [0.25, 0.3) is 0 Å². The molecule has 5 heteroatoms. The van der Waals surface area contributed by atoms with Gasteiger partial charge in [0, 0.05) is 29.2 Å². The molecule has 0 aliphatic rings. The van der Waals surface area contributed by atoms with Crippen LogP contribution in [-0.4, -0.2) is 43.9 Å². The normalized spacial score (nSPS) is 10.8. The van der Waals surface area contributed by atoms with E-state index in [4.69, 9.17) is 14.6 Å². The first kappa shape index (κ1) is 16.3. The van der Waals surface area contributed by atoms with Gasteiger partial charge in [-0.05, 0) is 19.0 Å². The second-order valence-corrected chi connectivity index (χ2v) is 5.14. The van der Waals surface area contributed by atoms with Gasteiger partial charge in [0.05, 0.1) is 20.8 Å². The third-order valence-electron chi connectivity index (χ3n) is 2.92. The van der Waals surface area contributed by atoms with Gasteiger partial charge in [0.2, 0.25) is 0 Å². The van der Waals surface area contributed by atoms with E-state index in [1.54, 1.807) is 14.2 Å². The van der Waals surface area contributed by atoms with E-state index in [1.807, 2.05) is 12.1 Å². The summed E-state index contributed by atoms with van der Waals surface area (Å²) in [4.78, 5) is 2.20. The molecule has 0 fully saturated rings. The van der Waals surface area contributed by atoms with Gasteiger partial charge < -0.3 is 14.6 Å². The van der Waals surface area contributed by atoms with Gasteiger partial charge in [0.15, 0.2) is 0 Å². The minimum Gasteiger partial charge on any atom is -0.497 e. The first-order chi connectivity index (χ1) is 9.15. The molecule has 0 aromatic heterocycles. The average molecular weight is 332 g/mol. The van der Waals surface area contributed by atoms with Crippen LogP contribution in [-0.2, 0) is 6.54 Å². The molecular formula is C14H22BrNO3. The van der Waals surface area contributed by atoms with Crippen LogP contribution in [0.25, 0.3) is 0 Å². The number of aliphatic hydroxyl groups is 1. The molecule has 0 saturated heterocycles. The molecule has 19 heavy (non-hydrogen) atoms. The highest BCUT2D eigenvalue weighted by molar-refractivity contribution is 9.10. The third-order valence-corrected chi connectivity index (χ3v) is 3.63. The Morgan fingerprint density at radius 2 is 1.95 bits per heavy atom. The predicted octanol–water partition coefficient (Wildman–Crippen LogP) is 2.67. The van der Waals surface area contributed by atoms with Crippen LogP contribution in [0.2, 0.25) is 0 Å². The molecule has 0 saturated carbocycles. The van der Waals surface area contributed by atoms with Gasteiger partial charge in [-0.3, -0.25) is 4.90 Å². The van der Waals surface area contributed by atoms with Crippen LogP contribution in [0.5, 0.6) is 11.5 Å². The number of benzene rings is 1. The topological polar surface area (TPSA) is 41.9 Å². The van der Waals surface area contributed by atoms with Crippen molar-refractivity contribution in [2.45, 2.75) is 19.9 Å². The van der Waals surface area contributed by atoms with Gasteiger partial charge in [-0.1, -0.05) is 22.9 Å². The zero-order valence-corrected chi connectivity index (χ0v) is 13.4. The van der Waals surface area contributed by atoms with Crippen molar-refractivity contribution in [1.29, 1.82) is 0 Å². The summed E-state index contributed by atoms with van der Waals surface area (Å²) in [5, 5.41) is 9.11. The van der Waals surface area contributed by atoms with Crippen LogP contribution in [0, 0.1) is 0 Å². The highest BCUT2D eigenvalue weighted by Crippen LogP contribution is 2.33.